The normalized spacial score (nSPS) is 11.5. The van der Waals surface area contributed by atoms with Gasteiger partial charge in [0.15, 0.2) is 17.0 Å². The SMILES string of the molecule is CCCn1c(=O)n(CCCn2nnnc2Cc2ccccc2Cl)c(=O)c2[nH]c(Cl)nc21. The minimum atomic E-state index is -0.445. The van der Waals surface area contributed by atoms with Crippen LogP contribution in [0.4, 0.5) is 0 Å². The first kappa shape index (κ1) is 21.3. The summed E-state index contributed by atoms with van der Waals surface area (Å²) in [6, 6.07) is 7.50. The third-order valence-electron chi connectivity index (χ3n) is 4.94. The van der Waals surface area contributed by atoms with Crippen molar-refractivity contribution in [2.45, 2.75) is 45.8 Å². The van der Waals surface area contributed by atoms with Crippen LogP contribution in [0.5, 0.6) is 0 Å². The zero-order chi connectivity index (χ0) is 22.0. The number of aryl methyl sites for hydroxylation is 2. The van der Waals surface area contributed by atoms with Crippen LogP contribution in [0.2, 0.25) is 10.3 Å². The number of tetrazole rings is 1. The Balaban J connectivity index is 1.55. The van der Waals surface area contributed by atoms with E-state index in [-0.39, 0.29) is 23.0 Å². The third-order valence-corrected chi connectivity index (χ3v) is 5.49. The zero-order valence-corrected chi connectivity index (χ0v) is 18.3. The Hall–Kier alpha value is -2.98. The molecule has 0 unspecified atom stereocenters. The molecule has 3 heterocycles. The summed E-state index contributed by atoms with van der Waals surface area (Å²) >= 11 is 12.2. The lowest BCUT2D eigenvalue weighted by molar-refractivity contribution is 0.477. The Labute approximate surface area is 186 Å². The highest BCUT2D eigenvalue weighted by Gasteiger charge is 2.17. The van der Waals surface area contributed by atoms with Crippen molar-refractivity contribution in [3.8, 4) is 0 Å². The van der Waals surface area contributed by atoms with E-state index in [1.165, 1.54) is 9.13 Å². The van der Waals surface area contributed by atoms with Crippen molar-refractivity contribution in [3.63, 3.8) is 0 Å². The van der Waals surface area contributed by atoms with E-state index < -0.39 is 11.2 Å². The standard InChI is InChI=1S/C19H20Cl2N8O2/c1-2-8-27-16-15(22-18(21)23-16)17(30)28(19(27)31)9-5-10-29-14(24-25-26-29)11-12-6-3-4-7-13(12)20/h3-4,6-7H,2,5,8-11H2,1H3,(H,22,23). The average Bonchev–Trinajstić information content (AvgIpc) is 3.36. The van der Waals surface area contributed by atoms with Gasteiger partial charge in [-0.25, -0.2) is 9.48 Å². The monoisotopic (exact) mass is 462 g/mol. The van der Waals surface area contributed by atoms with Gasteiger partial charge in [0.05, 0.1) is 0 Å². The lowest BCUT2D eigenvalue weighted by atomic mass is 10.1. The van der Waals surface area contributed by atoms with E-state index in [0.29, 0.717) is 43.2 Å². The van der Waals surface area contributed by atoms with Crippen molar-refractivity contribution in [1.29, 1.82) is 0 Å². The van der Waals surface area contributed by atoms with E-state index in [9.17, 15) is 9.59 Å². The second-order valence-corrected chi connectivity index (χ2v) is 7.82. The van der Waals surface area contributed by atoms with E-state index in [4.69, 9.17) is 23.2 Å². The smallest absolute Gasteiger partial charge is 0.323 e. The van der Waals surface area contributed by atoms with Crippen molar-refractivity contribution in [2.24, 2.45) is 0 Å². The number of hydrogen-bond donors (Lipinski definition) is 1. The van der Waals surface area contributed by atoms with Crippen LogP contribution in [0, 0.1) is 0 Å². The predicted octanol–water partition coefficient (Wildman–Crippen LogP) is 2.27. The molecule has 0 aliphatic carbocycles. The molecule has 0 saturated heterocycles. The number of benzene rings is 1. The molecule has 0 aliphatic rings. The summed E-state index contributed by atoms with van der Waals surface area (Å²) in [6.07, 6.45) is 1.68. The van der Waals surface area contributed by atoms with Crippen molar-refractivity contribution in [1.82, 2.24) is 39.3 Å². The molecule has 4 aromatic rings. The fraction of sp³-hybridized carbons (Fsp3) is 0.368. The van der Waals surface area contributed by atoms with Crippen LogP contribution in [-0.4, -0.2) is 39.3 Å². The summed E-state index contributed by atoms with van der Waals surface area (Å²) in [6.45, 7) is 3.03. The van der Waals surface area contributed by atoms with Crippen LogP contribution < -0.4 is 11.2 Å². The molecule has 162 valence electrons. The van der Waals surface area contributed by atoms with Gasteiger partial charge in [0.1, 0.15) is 0 Å². The first-order valence-corrected chi connectivity index (χ1v) is 10.6. The maximum absolute atomic E-state index is 12.9. The fourth-order valence-electron chi connectivity index (χ4n) is 3.48. The number of hydrogen-bond acceptors (Lipinski definition) is 6. The summed E-state index contributed by atoms with van der Waals surface area (Å²) in [7, 11) is 0. The molecule has 12 heteroatoms. The fourth-order valence-corrected chi connectivity index (χ4v) is 3.85. The molecule has 0 atom stereocenters. The molecule has 1 N–H and O–H groups in total. The van der Waals surface area contributed by atoms with E-state index in [1.807, 2.05) is 31.2 Å². The number of rotatable bonds is 8. The van der Waals surface area contributed by atoms with Crippen LogP contribution in [0.3, 0.4) is 0 Å². The number of aromatic amines is 1. The summed E-state index contributed by atoms with van der Waals surface area (Å²) in [5.74, 6) is 0.652. The molecule has 0 fully saturated rings. The Morgan fingerprint density at radius 2 is 1.87 bits per heavy atom. The van der Waals surface area contributed by atoms with Crippen molar-refractivity contribution >= 4 is 34.4 Å². The molecule has 3 aromatic heterocycles. The molecule has 1 aromatic carbocycles. The molecule has 0 radical (unpaired) electrons. The predicted molar refractivity (Wildman–Crippen MR) is 117 cm³/mol. The molecule has 4 rings (SSSR count). The lowest BCUT2D eigenvalue weighted by Gasteiger charge is -2.11. The Morgan fingerprint density at radius 3 is 2.65 bits per heavy atom. The molecule has 0 aliphatic heterocycles. The number of nitrogens with zero attached hydrogens (tertiary/aromatic N) is 7. The number of aromatic nitrogens is 8. The maximum atomic E-state index is 12.9. The van der Waals surface area contributed by atoms with E-state index >= 15 is 0 Å². The van der Waals surface area contributed by atoms with E-state index in [0.717, 1.165) is 5.56 Å². The maximum Gasteiger partial charge on any atom is 0.332 e. The average molecular weight is 463 g/mol. The van der Waals surface area contributed by atoms with Gasteiger partial charge >= 0.3 is 5.69 Å². The van der Waals surface area contributed by atoms with Gasteiger partial charge in [0.25, 0.3) is 5.56 Å². The minimum absolute atomic E-state index is 0.0759. The molecule has 31 heavy (non-hydrogen) atoms. The molecule has 0 amide bonds. The van der Waals surface area contributed by atoms with Gasteiger partial charge in [-0.15, -0.1) is 5.10 Å². The largest absolute Gasteiger partial charge is 0.332 e. The number of H-pyrrole nitrogens is 1. The number of fused-ring (bicyclic) bond motifs is 1. The molecular weight excluding hydrogens is 443 g/mol. The van der Waals surface area contributed by atoms with Crippen molar-refractivity contribution in [2.75, 3.05) is 0 Å². The van der Waals surface area contributed by atoms with Gasteiger partial charge in [-0.1, -0.05) is 36.7 Å². The Morgan fingerprint density at radius 1 is 1.06 bits per heavy atom. The van der Waals surface area contributed by atoms with Gasteiger partial charge in [0, 0.05) is 31.1 Å². The Bertz CT molecular complexity index is 1340. The first-order chi connectivity index (χ1) is 15.0. The number of halogens is 2. The van der Waals surface area contributed by atoms with Crippen LogP contribution >= 0.6 is 23.2 Å². The van der Waals surface area contributed by atoms with E-state index in [1.54, 1.807) is 4.68 Å². The zero-order valence-electron chi connectivity index (χ0n) is 16.8. The Kier molecular flexibility index (Phi) is 6.19. The lowest BCUT2D eigenvalue weighted by Crippen LogP contribution is -2.40. The molecular formula is C19H20Cl2N8O2. The summed E-state index contributed by atoms with van der Waals surface area (Å²) in [4.78, 5) is 32.6. The minimum Gasteiger partial charge on any atom is -0.323 e. The van der Waals surface area contributed by atoms with Gasteiger partial charge in [-0.3, -0.25) is 13.9 Å². The second-order valence-electron chi connectivity index (χ2n) is 7.06. The summed E-state index contributed by atoms with van der Waals surface area (Å²) < 4.78 is 4.33. The summed E-state index contributed by atoms with van der Waals surface area (Å²) in [5, 5.41) is 12.6. The first-order valence-electron chi connectivity index (χ1n) is 9.87. The summed E-state index contributed by atoms with van der Waals surface area (Å²) in [5.41, 5.74) is 0.566. The number of imidazole rings is 1. The van der Waals surface area contributed by atoms with Gasteiger partial charge in [-0.05, 0) is 46.5 Å². The highest BCUT2D eigenvalue weighted by Crippen LogP contribution is 2.17. The van der Waals surface area contributed by atoms with Crippen molar-refractivity contribution in [3.05, 3.63) is 66.8 Å². The van der Waals surface area contributed by atoms with Crippen LogP contribution in [0.25, 0.3) is 11.2 Å². The molecule has 0 spiro atoms. The van der Waals surface area contributed by atoms with Crippen molar-refractivity contribution < 1.29 is 0 Å². The second kappa shape index (κ2) is 9.03. The third kappa shape index (κ3) is 4.26. The van der Waals surface area contributed by atoms with Crippen LogP contribution in [0.15, 0.2) is 33.9 Å². The molecule has 0 saturated carbocycles. The number of nitrogens with one attached hydrogen (secondary N) is 1. The van der Waals surface area contributed by atoms with Crippen LogP contribution in [0.1, 0.15) is 31.2 Å². The highest BCUT2D eigenvalue weighted by atomic mass is 35.5. The van der Waals surface area contributed by atoms with Gasteiger partial charge < -0.3 is 4.98 Å². The quantitative estimate of drug-likeness (QED) is 0.401. The topological polar surface area (TPSA) is 116 Å². The highest BCUT2D eigenvalue weighted by molar-refractivity contribution is 6.31. The van der Waals surface area contributed by atoms with Gasteiger partial charge in [-0.2, -0.15) is 4.98 Å². The van der Waals surface area contributed by atoms with Crippen LogP contribution in [-0.2, 0) is 26.1 Å². The van der Waals surface area contributed by atoms with E-state index in [2.05, 4.69) is 25.5 Å². The molecule has 0 bridgehead atoms. The molecule has 10 nitrogen and oxygen atoms in total. The van der Waals surface area contributed by atoms with Gasteiger partial charge in [0.2, 0.25) is 5.28 Å².